The van der Waals surface area contributed by atoms with Gasteiger partial charge < -0.3 is 25.3 Å². The summed E-state index contributed by atoms with van der Waals surface area (Å²) < 4.78 is 6.03. The van der Waals surface area contributed by atoms with E-state index in [1.54, 1.807) is 18.5 Å². The number of nitrogens with one attached hydrogen (secondary N) is 1. The van der Waals surface area contributed by atoms with E-state index in [9.17, 15) is 0 Å². The summed E-state index contributed by atoms with van der Waals surface area (Å²) in [6, 6.07) is 12.1. The van der Waals surface area contributed by atoms with Gasteiger partial charge in [0.05, 0.1) is 16.7 Å². The van der Waals surface area contributed by atoms with E-state index in [0.29, 0.717) is 12.5 Å². The van der Waals surface area contributed by atoms with Gasteiger partial charge in [0.2, 0.25) is 11.9 Å². The molecule has 1 aliphatic rings. The fraction of sp³-hybridized carbons (Fsp3) is 0.333. The number of aromatic nitrogens is 5. The molecule has 0 radical (unpaired) electrons. The van der Waals surface area contributed by atoms with Crippen molar-refractivity contribution in [1.29, 1.82) is 0 Å². The largest absolute Gasteiger partial charge is 0.483 e. The fourth-order valence-electron chi connectivity index (χ4n) is 4.03. The molecule has 0 spiro atoms. The van der Waals surface area contributed by atoms with Crippen molar-refractivity contribution in [1.82, 2.24) is 24.9 Å². The number of aromatic amines is 1. The van der Waals surface area contributed by atoms with Crippen LogP contribution in [0.5, 0.6) is 5.75 Å². The van der Waals surface area contributed by atoms with Crippen molar-refractivity contribution < 1.29 is 4.74 Å². The van der Waals surface area contributed by atoms with E-state index in [1.807, 2.05) is 12.1 Å². The lowest BCUT2D eigenvalue weighted by atomic mass is 10.0. The predicted molar refractivity (Wildman–Crippen MR) is 130 cm³/mol. The molecule has 0 amide bonds. The van der Waals surface area contributed by atoms with Gasteiger partial charge in [-0.3, -0.25) is 0 Å². The van der Waals surface area contributed by atoms with Gasteiger partial charge in [0.25, 0.3) is 0 Å². The van der Waals surface area contributed by atoms with Crippen LogP contribution in [0.2, 0.25) is 0 Å². The number of piperazine rings is 1. The quantitative estimate of drug-likeness (QED) is 0.466. The summed E-state index contributed by atoms with van der Waals surface area (Å²) in [5, 5.41) is 0. The first kappa shape index (κ1) is 21.0. The van der Waals surface area contributed by atoms with Gasteiger partial charge >= 0.3 is 0 Å². The zero-order valence-electron chi connectivity index (χ0n) is 18.9. The zero-order valence-corrected chi connectivity index (χ0v) is 18.9. The van der Waals surface area contributed by atoms with Crippen molar-refractivity contribution in [2.24, 2.45) is 0 Å². The fourth-order valence-corrected chi connectivity index (χ4v) is 4.03. The highest BCUT2D eigenvalue weighted by atomic mass is 16.5. The Bertz CT molecular complexity index is 1250. The summed E-state index contributed by atoms with van der Waals surface area (Å²) in [6.07, 6.45) is 3.43. The number of pyridine rings is 1. The lowest BCUT2D eigenvalue weighted by Crippen LogP contribution is -2.47. The summed E-state index contributed by atoms with van der Waals surface area (Å²) in [4.78, 5) is 25.6. The normalized spacial score (nSPS) is 14.3. The van der Waals surface area contributed by atoms with Crippen LogP contribution in [0, 0.1) is 0 Å². The Hall–Kier alpha value is -3.88. The molecular weight excluding hydrogens is 416 g/mol. The minimum absolute atomic E-state index is 0.240. The average molecular weight is 445 g/mol. The molecule has 0 atom stereocenters. The van der Waals surface area contributed by atoms with Gasteiger partial charge in [-0.25, -0.2) is 19.9 Å². The Morgan fingerprint density at radius 2 is 1.82 bits per heavy atom. The number of nitrogens with zero attached hydrogens (tertiary/aromatic N) is 6. The van der Waals surface area contributed by atoms with Crippen LogP contribution in [0.4, 0.5) is 17.7 Å². The Balaban J connectivity index is 1.26. The van der Waals surface area contributed by atoms with Gasteiger partial charge in [-0.15, -0.1) is 0 Å². The Morgan fingerprint density at radius 3 is 2.61 bits per heavy atom. The van der Waals surface area contributed by atoms with E-state index in [1.165, 1.54) is 5.56 Å². The summed E-state index contributed by atoms with van der Waals surface area (Å²) in [5.41, 5.74) is 9.80. The Labute approximate surface area is 192 Å². The van der Waals surface area contributed by atoms with Crippen LogP contribution < -0.4 is 20.3 Å². The highest BCUT2D eigenvalue weighted by molar-refractivity contribution is 5.78. The number of ether oxygens (including phenoxy) is 1. The molecule has 3 aromatic heterocycles. The van der Waals surface area contributed by atoms with E-state index in [-0.39, 0.29) is 5.95 Å². The molecule has 1 saturated heterocycles. The number of imidazole rings is 1. The van der Waals surface area contributed by atoms with Gasteiger partial charge in [-0.1, -0.05) is 19.9 Å². The van der Waals surface area contributed by atoms with E-state index in [2.05, 4.69) is 61.8 Å². The summed E-state index contributed by atoms with van der Waals surface area (Å²) in [6.45, 7) is 8.05. The number of benzene rings is 1. The minimum Gasteiger partial charge on any atom is -0.483 e. The van der Waals surface area contributed by atoms with Crippen LogP contribution in [0.25, 0.3) is 11.0 Å². The number of hydrogen-bond acceptors (Lipinski definition) is 8. The maximum Gasteiger partial charge on any atom is 0.220 e. The molecule has 0 unspecified atom stereocenters. The van der Waals surface area contributed by atoms with E-state index in [0.717, 1.165) is 60.4 Å². The molecule has 170 valence electrons. The minimum atomic E-state index is 0.240. The molecule has 4 heterocycles. The summed E-state index contributed by atoms with van der Waals surface area (Å²) in [7, 11) is 0. The van der Waals surface area contributed by atoms with Gasteiger partial charge in [-0.05, 0) is 41.8 Å². The third-order valence-electron chi connectivity index (χ3n) is 5.90. The van der Waals surface area contributed by atoms with Gasteiger partial charge in [0.1, 0.15) is 6.61 Å². The predicted octanol–water partition coefficient (Wildman–Crippen LogP) is 3.36. The molecule has 0 saturated carbocycles. The van der Waals surface area contributed by atoms with Crippen molar-refractivity contribution >= 4 is 28.7 Å². The number of nitrogen functional groups attached to an aromatic ring is 1. The number of hydrogen-bond donors (Lipinski definition) is 2. The molecular formula is C24H28N8O. The van der Waals surface area contributed by atoms with Crippen LogP contribution >= 0.6 is 0 Å². The van der Waals surface area contributed by atoms with Crippen LogP contribution in [0.15, 0.2) is 48.8 Å². The molecule has 1 aromatic carbocycles. The number of H-pyrrole nitrogens is 1. The van der Waals surface area contributed by atoms with Crippen LogP contribution in [0.3, 0.4) is 0 Å². The first-order valence-corrected chi connectivity index (χ1v) is 11.2. The maximum atomic E-state index is 6.03. The second kappa shape index (κ2) is 8.93. The molecule has 33 heavy (non-hydrogen) atoms. The molecule has 5 rings (SSSR count). The van der Waals surface area contributed by atoms with Gasteiger partial charge in [0.15, 0.2) is 11.6 Å². The van der Waals surface area contributed by atoms with Gasteiger partial charge in [-0.2, -0.15) is 0 Å². The van der Waals surface area contributed by atoms with E-state index < -0.39 is 0 Å². The number of nitrogens with two attached hydrogens (primary N) is 1. The van der Waals surface area contributed by atoms with Gasteiger partial charge in [0, 0.05) is 38.6 Å². The molecule has 0 aliphatic carbocycles. The lowest BCUT2D eigenvalue weighted by Gasteiger charge is -2.35. The highest BCUT2D eigenvalue weighted by Crippen LogP contribution is 2.28. The number of rotatable bonds is 6. The second-order valence-electron chi connectivity index (χ2n) is 8.49. The number of fused-ring (bicyclic) bond motifs is 1. The molecule has 4 aromatic rings. The zero-order chi connectivity index (χ0) is 22.8. The monoisotopic (exact) mass is 444 g/mol. The standard InChI is InChI=1S/C24H28N8O/c1-16(2)17-5-6-19-20(14-17)30-24(29-19)32-12-10-31(11-13-32)22-21(4-3-8-26-22)33-15-18-7-9-27-23(25)28-18/h3-9,14,16H,10-13,15H2,1-2H3,(H,29,30)(H2,25,27,28). The van der Waals surface area contributed by atoms with Crippen molar-refractivity contribution in [3.63, 3.8) is 0 Å². The lowest BCUT2D eigenvalue weighted by molar-refractivity contribution is 0.300. The van der Waals surface area contributed by atoms with Crippen LogP contribution in [0.1, 0.15) is 31.0 Å². The first-order chi connectivity index (χ1) is 16.1. The molecule has 3 N–H and O–H groups in total. The Morgan fingerprint density at radius 1 is 1.00 bits per heavy atom. The Kier molecular flexibility index (Phi) is 5.68. The maximum absolute atomic E-state index is 6.03. The first-order valence-electron chi connectivity index (χ1n) is 11.2. The third-order valence-corrected chi connectivity index (χ3v) is 5.90. The average Bonchev–Trinajstić information content (AvgIpc) is 3.27. The summed E-state index contributed by atoms with van der Waals surface area (Å²) in [5.74, 6) is 3.22. The van der Waals surface area contributed by atoms with Crippen LogP contribution in [-0.4, -0.2) is 51.1 Å². The van der Waals surface area contributed by atoms with Crippen molar-refractivity contribution in [2.75, 3.05) is 41.7 Å². The third kappa shape index (κ3) is 4.52. The topological polar surface area (TPSA) is 109 Å². The number of anilines is 3. The molecule has 9 nitrogen and oxygen atoms in total. The molecule has 1 fully saturated rings. The SMILES string of the molecule is CC(C)c1ccc2nc(N3CCN(c4ncccc4OCc4ccnc(N)n4)CC3)[nH]c2c1. The van der Waals surface area contributed by atoms with E-state index in [4.69, 9.17) is 15.5 Å². The smallest absolute Gasteiger partial charge is 0.220 e. The summed E-state index contributed by atoms with van der Waals surface area (Å²) >= 11 is 0. The van der Waals surface area contributed by atoms with Crippen molar-refractivity contribution in [2.45, 2.75) is 26.4 Å². The highest BCUT2D eigenvalue weighted by Gasteiger charge is 2.23. The van der Waals surface area contributed by atoms with Crippen LogP contribution in [-0.2, 0) is 6.61 Å². The second-order valence-corrected chi connectivity index (χ2v) is 8.49. The van der Waals surface area contributed by atoms with Crippen molar-refractivity contribution in [3.05, 3.63) is 60.0 Å². The molecule has 9 heteroatoms. The van der Waals surface area contributed by atoms with Crippen molar-refractivity contribution in [3.8, 4) is 5.75 Å². The molecule has 0 bridgehead atoms. The molecule has 1 aliphatic heterocycles. The van der Waals surface area contributed by atoms with E-state index >= 15 is 0 Å².